The Morgan fingerprint density at radius 1 is 1.08 bits per heavy atom. The van der Waals surface area contributed by atoms with Gasteiger partial charge in [-0.2, -0.15) is 0 Å². The van der Waals surface area contributed by atoms with E-state index < -0.39 is 11.5 Å². The Balaban J connectivity index is 1.74. The summed E-state index contributed by atoms with van der Waals surface area (Å²) in [5.41, 5.74) is 1.76. The summed E-state index contributed by atoms with van der Waals surface area (Å²) in [7, 11) is 0. The zero-order chi connectivity index (χ0) is 17.8. The zero-order valence-electron chi connectivity index (χ0n) is 13.9. The van der Waals surface area contributed by atoms with Gasteiger partial charge in [0.1, 0.15) is 23.7 Å². The second-order valence-corrected chi connectivity index (χ2v) is 6.52. The van der Waals surface area contributed by atoms with Gasteiger partial charge in [0.15, 0.2) is 0 Å². The van der Waals surface area contributed by atoms with Gasteiger partial charge >= 0.3 is 0 Å². The Morgan fingerprint density at radius 2 is 1.92 bits per heavy atom. The van der Waals surface area contributed by atoms with Gasteiger partial charge in [-0.05, 0) is 30.2 Å². The Morgan fingerprint density at radius 3 is 2.81 bits per heavy atom. The van der Waals surface area contributed by atoms with Crippen molar-refractivity contribution in [1.29, 1.82) is 0 Å². The maximum Gasteiger partial charge on any atom is 0.267 e. The van der Waals surface area contributed by atoms with E-state index in [1.165, 1.54) is 4.57 Å². The number of aromatic hydroxyl groups is 1. The van der Waals surface area contributed by atoms with Crippen LogP contribution in [-0.4, -0.2) is 28.7 Å². The summed E-state index contributed by atoms with van der Waals surface area (Å²) in [6.07, 6.45) is 0.739. The molecule has 0 saturated heterocycles. The normalized spacial score (nSPS) is 15.0. The van der Waals surface area contributed by atoms with Crippen molar-refractivity contribution in [2.24, 2.45) is 0 Å². The van der Waals surface area contributed by atoms with Crippen LogP contribution in [0.2, 0.25) is 0 Å². The average Bonchev–Trinajstić information content (AvgIpc) is 3.10. The topological polar surface area (TPSA) is 71.8 Å². The van der Waals surface area contributed by atoms with Gasteiger partial charge in [0.2, 0.25) is 0 Å². The number of benzene rings is 2. The third-order valence-corrected chi connectivity index (χ3v) is 5.14. The van der Waals surface area contributed by atoms with Gasteiger partial charge in [-0.3, -0.25) is 9.59 Å². The lowest BCUT2D eigenvalue weighted by molar-refractivity contribution is 0.0984. The van der Waals surface area contributed by atoms with Crippen molar-refractivity contribution in [2.45, 2.75) is 13.0 Å². The molecule has 2 aliphatic rings. The Kier molecular flexibility index (Phi) is 3.09. The van der Waals surface area contributed by atoms with Crippen LogP contribution in [0, 0.1) is 0 Å². The lowest BCUT2D eigenvalue weighted by Crippen LogP contribution is -2.37. The van der Waals surface area contributed by atoms with E-state index in [1.54, 1.807) is 23.1 Å². The number of pyridine rings is 1. The minimum Gasteiger partial charge on any atom is -0.506 e. The van der Waals surface area contributed by atoms with Crippen LogP contribution in [0.5, 0.6) is 11.5 Å². The van der Waals surface area contributed by atoms with Gasteiger partial charge in [-0.15, -0.1) is 0 Å². The van der Waals surface area contributed by atoms with Crippen LogP contribution in [0.1, 0.15) is 15.9 Å². The minimum absolute atomic E-state index is 0.173. The molecule has 6 heteroatoms. The van der Waals surface area contributed by atoms with Crippen molar-refractivity contribution in [2.75, 3.05) is 18.1 Å². The van der Waals surface area contributed by atoms with E-state index in [4.69, 9.17) is 4.74 Å². The van der Waals surface area contributed by atoms with Gasteiger partial charge in [0.05, 0.1) is 12.1 Å². The van der Waals surface area contributed by atoms with Gasteiger partial charge in [0, 0.05) is 17.6 Å². The molecule has 0 spiro atoms. The highest BCUT2D eigenvalue weighted by Crippen LogP contribution is 2.36. The van der Waals surface area contributed by atoms with Crippen LogP contribution in [-0.2, 0) is 13.0 Å². The van der Waals surface area contributed by atoms with Gasteiger partial charge in [-0.25, -0.2) is 0 Å². The molecule has 6 nitrogen and oxygen atoms in total. The first kappa shape index (κ1) is 15.0. The molecule has 0 fully saturated rings. The van der Waals surface area contributed by atoms with Crippen molar-refractivity contribution >= 4 is 22.5 Å². The third-order valence-electron chi connectivity index (χ3n) is 5.14. The monoisotopic (exact) mass is 348 g/mol. The molecular weight excluding hydrogens is 332 g/mol. The third kappa shape index (κ3) is 1.92. The van der Waals surface area contributed by atoms with E-state index in [1.807, 2.05) is 24.3 Å². The molecule has 2 aliphatic heterocycles. The summed E-state index contributed by atoms with van der Waals surface area (Å²) in [5, 5.41) is 11.2. The molecule has 1 amide bonds. The van der Waals surface area contributed by atoms with Gasteiger partial charge in [-0.1, -0.05) is 24.3 Å². The van der Waals surface area contributed by atoms with E-state index >= 15 is 0 Å². The molecule has 130 valence electrons. The largest absolute Gasteiger partial charge is 0.506 e. The molecule has 0 unspecified atom stereocenters. The molecule has 3 aromatic rings. The Hall–Kier alpha value is -3.28. The summed E-state index contributed by atoms with van der Waals surface area (Å²) in [6, 6.07) is 12.8. The van der Waals surface area contributed by atoms with Crippen molar-refractivity contribution < 1.29 is 14.6 Å². The number of aromatic nitrogens is 1. The van der Waals surface area contributed by atoms with E-state index in [0.29, 0.717) is 36.3 Å². The molecule has 2 aromatic carbocycles. The second-order valence-electron chi connectivity index (χ2n) is 6.52. The number of carbonyl (C=O) groups is 1. The van der Waals surface area contributed by atoms with Crippen LogP contribution in [0.15, 0.2) is 47.3 Å². The Bertz CT molecular complexity index is 1130. The number of para-hydroxylation sites is 2. The van der Waals surface area contributed by atoms with Crippen LogP contribution in [0.25, 0.3) is 10.9 Å². The minimum atomic E-state index is -0.472. The summed E-state index contributed by atoms with van der Waals surface area (Å²) < 4.78 is 7.12. The number of hydrogen-bond donors (Lipinski definition) is 1. The van der Waals surface area contributed by atoms with Crippen LogP contribution in [0.3, 0.4) is 0 Å². The summed E-state index contributed by atoms with van der Waals surface area (Å²) in [5.74, 6) is -0.186. The summed E-state index contributed by atoms with van der Waals surface area (Å²) in [4.78, 5) is 27.8. The van der Waals surface area contributed by atoms with Crippen molar-refractivity contribution in [3.63, 3.8) is 0 Å². The van der Waals surface area contributed by atoms with Crippen molar-refractivity contribution in [3.05, 3.63) is 63.9 Å². The lowest BCUT2D eigenvalue weighted by atomic mass is 10.1. The SMILES string of the molecule is O=C(c1c(O)c2cccc3c2n(c1=O)CCO3)N1CCc2ccccc21. The van der Waals surface area contributed by atoms with Gasteiger partial charge < -0.3 is 19.3 Å². The number of carbonyl (C=O) groups excluding carboxylic acids is 1. The van der Waals surface area contributed by atoms with E-state index in [2.05, 4.69) is 0 Å². The number of ether oxygens (including phenoxy) is 1. The molecule has 26 heavy (non-hydrogen) atoms. The second kappa shape index (κ2) is 5.36. The van der Waals surface area contributed by atoms with Crippen LogP contribution in [0.4, 0.5) is 5.69 Å². The fourth-order valence-electron chi connectivity index (χ4n) is 3.92. The molecule has 0 aliphatic carbocycles. The van der Waals surface area contributed by atoms with Crippen LogP contribution < -0.4 is 15.2 Å². The maximum atomic E-state index is 13.2. The molecule has 0 saturated carbocycles. The highest BCUT2D eigenvalue weighted by Gasteiger charge is 2.32. The molecule has 0 atom stereocenters. The number of nitrogens with zero attached hydrogens (tertiary/aromatic N) is 2. The van der Waals surface area contributed by atoms with Gasteiger partial charge in [0.25, 0.3) is 11.5 Å². The molecule has 0 bridgehead atoms. The first-order valence-electron chi connectivity index (χ1n) is 8.58. The molecule has 0 radical (unpaired) electrons. The predicted molar refractivity (Wildman–Crippen MR) is 97.2 cm³/mol. The zero-order valence-corrected chi connectivity index (χ0v) is 13.9. The smallest absolute Gasteiger partial charge is 0.267 e. The molecule has 1 aromatic heterocycles. The fourth-order valence-corrected chi connectivity index (χ4v) is 3.92. The predicted octanol–water partition coefficient (Wildman–Crippen LogP) is 2.30. The molecule has 3 heterocycles. The molecular formula is C20H16N2O4. The van der Waals surface area contributed by atoms with Crippen molar-refractivity contribution in [1.82, 2.24) is 4.57 Å². The number of hydrogen-bond acceptors (Lipinski definition) is 4. The highest BCUT2D eigenvalue weighted by molar-refractivity contribution is 6.11. The quantitative estimate of drug-likeness (QED) is 0.732. The maximum absolute atomic E-state index is 13.2. The molecule has 5 rings (SSSR count). The van der Waals surface area contributed by atoms with Crippen LogP contribution >= 0.6 is 0 Å². The summed E-state index contributed by atoms with van der Waals surface area (Å²) in [6.45, 7) is 1.21. The average molecular weight is 348 g/mol. The van der Waals surface area contributed by atoms with E-state index in [0.717, 1.165) is 17.7 Å². The lowest BCUT2D eigenvalue weighted by Gasteiger charge is -2.23. The Labute approximate surface area is 148 Å². The van der Waals surface area contributed by atoms with E-state index in [-0.39, 0.29) is 11.3 Å². The first-order chi connectivity index (χ1) is 12.7. The number of amides is 1. The van der Waals surface area contributed by atoms with E-state index in [9.17, 15) is 14.7 Å². The fraction of sp³-hybridized carbons (Fsp3) is 0.200. The highest BCUT2D eigenvalue weighted by atomic mass is 16.5. The number of fused-ring (bicyclic) bond motifs is 1. The molecule has 1 N–H and O–H groups in total. The van der Waals surface area contributed by atoms with Crippen molar-refractivity contribution in [3.8, 4) is 11.5 Å². The number of rotatable bonds is 1. The standard InChI is InChI=1S/C20H16N2O4/c23-18-13-5-3-7-15-17(13)22(10-11-26-15)20(25)16(18)19(24)21-9-8-12-4-1-2-6-14(12)21/h1-7,23H,8-11H2. The first-order valence-corrected chi connectivity index (χ1v) is 8.58. The number of anilines is 1. The summed E-state index contributed by atoms with van der Waals surface area (Å²) >= 11 is 0.